The van der Waals surface area contributed by atoms with Crippen LogP contribution in [0.4, 0.5) is 0 Å². The molecule has 0 aliphatic heterocycles. The van der Waals surface area contributed by atoms with Crippen molar-refractivity contribution in [2.45, 2.75) is 86.8 Å². The lowest BCUT2D eigenvalue weighted by atomic mass is 9.97. The van der Waals surface area contributed by atoms with Crippen LogP contribution in [0.1, 0.15) is 82.4 Å². The zero-order chi connectivity index (χ0) is 18.7. The van der Waals surface area contributed by atoms with Gasteiger partial charge in [-0.2, -0.15) is 0 Å². The van der Waals surface area contributed by atoms with Gasteiger partial charge in [0.1, 0.15) is 4.21 Å². The largest absolute Gasteiger partial charge is 0.440 e. The van der Waals surface area contributed by atoms with Crippen molar-refractivity contribution in [3.05, 3.63) is 24.2 Å². The first-order valence-corrected chi connectivity index (χ1v) is 12.5. The van der Waals surface area contributed by atoms with Crippen molar-refractivity contribution in [1.29, 1.82) is 0 Å². The molecule has 7 heteroatoms. The standard InChI is InChI=1S/C20H28N2O3S2/c23-27(24,22-16-10-4-2-1-3-5-11-16)19-13-12-18(26-19)17-14-21-20(25-17)15-8-6-7-9-15/h12-16,22H,1-11H2. The lowest BCUT2D eigenvalue weighted by Gasteiger charge is -2.20. The number of oxazole rings is 1. The Bertz CT molecular complexity index is 842. The zero-order valence-corrected chi connectivity index (χ0v) is 17.3. The van der Waals surface area contributed by atoms with Crippen LogP contribution in [0.5, 0.6) is 0 Å². The molecule has 2 aliphatic rings. The average molecular weight is 409 g/mol. The Morgan fingerprint density at radius 3 is 2.37 bits per heavy atom. The molecule has 0 aromatic carbocycles. The van der Waals surface area contributed by atoms with Crippen molar-refractivity contribution in [2.75, 3.05) is 0 Å². The molecule has 0 bridgehead atoms. The molecule has 148 valence electrons. The van der Waals surface area contributed by atoms with E-state index in [2.05, 4.69) is 9.71 Å². The van der Waals surface area contributed by atoms with E-state index in [0.29, 0.717) is 15.9 Å². The zero-order valence-electron chi connectivity index (χ0n) is 15.7. The summed E-state index contributed by atoms with van der Waals surface area (Å²) in [5.74, 6) is 1.89. The van der Waals surface area contributed by atoms with E-state index in [1.54, 1.807) is 12.3 Å². The first-order chi connectivity index (χ1) is 13.1. The Hall–Kier alpha value is -1.18. The van der Waals surface area contributed by atoms with Gasteiger partial charge in [-0.05, 0) is 37.8 Å². The van der Waals surface area contributed by atoms with Gasteiger partial charge in [-0.1, -0.05) is 44.9 Å². The van der Waals surface area contributed by atoms with E-state index in [4.69, 9.17) is 4.42 Å². The van der Waals surface area contributed by atoms with Gasteiger partial charge in [0.2, 0.25) is 10.0 Å². The van der Waals surface area contributed by atoms with E-state index < -0.39 is 10.0 Å². The van der Waals surface area contributed by atoms with E-state index in [1.807, 2.05) is 6.07 Å². The molecule has 0 saturated heterocycles. The quantitative estimate of drug-likeness (QED) is 0.714. The SMILES string of the molecule is O=S(=O)(NC1CCCCCCC1)c1ccc(-c2cnc(C3CCCC3)o2)s1. The number of rotatable bonds is 5. The van der Waals surface area contributed by atoms with Crippen LogP contribution >= 0.6 is 11.3 Å². The van der Waals surface area contributed by atoms with Crippen molar-refractivity contribution in [2.24, 2.45) is 0 Å². The van der Waals surface area contributed by atoms with Gasteiger partial charge in [0, 0.05) is 12.0 Å². The molecule has 4 rings (SSSR count). The molecule has 2 aliphatic carbocycles. The second kappa shape index (κ2) is 8.45. The Balaban J connectivity index is 1.46. The summed E-state index contributed by atoms with van der Waals surface area (Å²) in [6, 6.07) is 3.57. The molecule has 0 spiro atoms. The third-order valence-corrected chi connectivity index (χ3v) is 8.86. The summed E-state index contributed by atoms with van der Waals surface area (Å²) in [6.45, 7) is 0. The van der Waals surface area contributed by atoms with Crippen LogP contribution in [0.2, 0.25) is 0 Å². The second-order valence-electron chi connectivity index (χ2n) is 7.83. The maximum atomic E-state index is 12.8. The van der Waals surface area contributed by atoms with E-state index in [1.165, 1.54) is 43.4 Å². The van der Waals surface area contributed by atoms with Crippen molar-refractivity contribution < 1.29 is 12.8 Å². The minimum absolute atomic E-state index is 0.0556. The van der Waals surface area contributed by atoms with Crippen LogP contribution < -0.4 is 4.72 Å². The van der Waals surface area contributed by atoms with Gasteiger partial charge in [0.25, 0.3) is 0 Å². The van der Waals surface area contributed by atoms with Gasteiger partial charge in [-0.25, -0.2) is 18.1 Å². The second-order valence-corrected chi connectivity index (χ2v) is 10.9. The summed E-state index contributed by atoms with van der Waals surface area (Å²) >= 11 is 1.26. The van der Waals surface area contributed by atoms with E-state index in [-0.39, 0.29) is 6.04 Å². The number of aromatic nitrogens is 1. The van der Waals surface area contributed by atoms with Crippen molar-refractivity contribution in [3.8, 4) is 10.6 Å². The predicted molar refractivity (Wildman–Crippen MR) is 107 cm³/mol. The monoisotopic (exact) mass is 408 g/mol. The Morgan fingerprint density at radius 1 is 0.963 bits per heavy atom. The number of hydrogen-bond acceptors (Lipinski definition) is 5. The first kappa shape index (κ1) is 19.2. The molecule has 2 aromatic rings. The summed E-state index contributed by atoms with van der Waals surface area (Å²) in [5.41, 5.74) is 0. The van der Waals surface area contributed by atoms with Gasteiger partial charge in [0.05, 0.1) is 11.1 Å². The molecule has 2 saturated carbocycles. The third-order valence-electron chi connectivity index (χ3n) is 5.74. The minimum atomic E-state index is -3.48. The van der Waals surface area contributed by atoms with Crippen molar-refractivity contribution in [1.82, 2.24) is 9.71 Å². The minimum Gasteiger partial charge on any atom is -0.440 e. The molecule has 0 amide bonds. The first-order valence-electron chi connectivity index (χ1n) is 10.2. The third kappa shape index (κ3) is 4.63. The maximum Gasteiger partial charge on any atom is 0.250 e. The van der Waals surface area contributed by atoms with Crippen LogP contribution in [-0.2, 0) is 10.0 Å². The van der Waals surface area contributed by atoms with Crippen LogP contribution in [0.25, 0.3) is 10.6 Å². The lowest BCUT2D eigenvalue weighted by Crippen LogP contribution is -2.34. The van der Waals surface area contributed by atoms with Gasteiger partial charge >= 0.3 is 0 Å². The summed E-state index contributed by atoms with van der Waals surface area (Å²) in [6.07, 6.45) is 14.2. The fourth-order valence-electron chi connectivity index (χ4n) is 4.21. The molecule has 2 aromatic heterocycles. The van der Waals surface area contributed by atoms with Gasteiger partial charge < -0.3 is 4.42 Å². The fourth-order valence-corrected chi connectivity index (χ4v) is 6.79. The van der Waals surface area contributed by atoms with Crippen LogP contribution in [0.15, 0.2) is 27.0 Å². The summed E-state index contributed by atoms with van der Waals surface area (Å²) in [5, 5.41) is 0. The molecule has 2 heterocycles. The summed E-state index contributed by atoms with van der Waals surface area (Å²) < 4.78 is 34.9. The highest BCUT2D eigenvalue weighted by Gasteiger charge is 2.25. The molecule has 2 fully saturated rings. The highest BCUT2D eigenvalue weighted by molar-refractivity contribution is 7.91. The van der Waals surface area contributed by atoms with Crippen LogP contribution in [0.3, 0.4) is 0 Å². The number of nitrogens with one attached hydrogen (secondary N) is 1. The molecule has 27 heavy (non-hydrogen) atoms. The molecule has 0 atom stereocenters. The molecule has 0 radical (unpaired) electrons. The Labute approximate surface area is 165 Å². The number of nitrogens with zero attached hydrogens (tertiary/aromatic N) is 1. The number of sulfonamides is 1. The van der Waals surface area contributed by atoms with Gasteiger partial charge in [-0.15, -0.1) is 11.3 Å². The van der Waals surface area contributed by atoms with Crippen LogP contribution in [-0.4, -0.2) is 19.4 Å². The topological polar surface area (TPSA) is 72.2 Å². The van der Waals surface area contributed by atoms with Crippen LogP contribution in [0, 0.1) is 0 Å². The fraction of sp³-hybridized carbons (Fsp3) is 0.650. The van der Waals surface area contributed by atoms with Gasteiger partial charge in [-0.3, -0.25) is 0 Å². The average Bonchev–Trinajstić information content (AvgIpc) is 3.37. The highest BCUT2D eigenvalue weighted by Crippen LogP contribution is 2.37. The Morgan fingerprint density at radius 2 is 1.63 bits per heavy atom. The lowest BCUT2D eigenvalue weighted by molar-refractivity contribution is 0.427. The molecular formula is C20H28N2O3S2. The smallest absolute Gasteiger partial charge is 0.250 e. The van der Waals surface area contributed by atoms with Crippen molar-refractivity contribution in [3.63, 3.8) is 0 Å². The van der Waals surface area contributed by atoms with Crippen molar-refractivity contribution >= 4 is 21.4 Å². The Kier molecular flexibility index (Phi) is 5.99. The molecule has 0 unspecified atom stereocenters. The summed E-state index contributed by atoms with van der Waals surface area (Å²) in [4.78, 5) is 5.26. The summed E-state index contributed by atoms with van der Waals surface area (Å²) in [7, 11) is -3.48. The van der Waals surface area contributed by atoms with E-state index in [9.17, 15) is 8.42 Å². The van der Waals surface area contributed by atoms with E-state index >= 15 is 0 Å². The molecule has 5 nitrogen and oxygen atoms in total. The highest BCUT2D eigenvalue weighted by atomic mass is 32.2. The molecular weight excluding hydrogens is 380 g/mol. The molecule has 1 N–H and O–H groups in total. The number of thiophene rings is 1. The predicted octanol–water partition coefficient (Wildman–Crippen LogP) is 5.45. The van der Waals surface area contributed by atoms with E-state index in [0.717, 1.165) is 49.3 Å². The van der Waals surface area contributed by atoms with Gasteiger partial charge in [0.15, 0.2) is 11.7 Å². The number of hydrogen-bond donors (Lipinski definition) is 1. The maximum absolute atomic E-state index is 12.8. The normalized spacial score (nSPS) is 20.6.